The van der Waals surface area contributed by atoms with Gasteiger partial charge in [-0.15, -0.1) is 0 Å². The second-order valence-electron chi connectivity index (χ2n) is 6.51. The summed E-state index contributed by atoms with van der Waals surface area (Å²) in [7, 11) is 3.72. The molecule has 2 rings (SSSR count). The second-order valence-corrected chi connectivity index (χ2v) is 8.12. The van der Waals surface area contributed by atoms with Crippen molar-refractivity contribution in [3.05, 3.63) is 30.1 Å². The van der Waals surface area contributed by atoms with Crippen LogP contribution in [0.25, 0.3) is 0 Å². The molecule has 1 aliphatic heterocycles. The molecule has 0 atom stereocenters. The van der Waals surface area contributed by atoms with E-state index in [0.29, 0.717) is 35.4 Å². The minimum absolute atomic E-state index is 0.0711. The molecule has 27 heavy (non-hydrogen) atoms. The zero-order valence-corrected chi connectivity index (χ0v) is 17.2. The summed E-state index contributed by atoms with van der Waals surface area (Å²) in [6, 6.07) is 5.69. The normalized spacial score (nSPS) is 15.1. The Kier molecular flexibility index (Phi) is 8.46. The van der Waals surface area contributed by atoms with E-state index in [1.54, 1.807) is 0 Å². The molecular weight excluding hydrogens is 387 g/mol. The van der Waals surface area contributed by atoms with Gasteiger partial charge in [0.25, 0.3) is 0 Å². The van der Waals surface area contributed by atoms with Gasteiger partial charge in [-0.3, -0.25) is 14.5 Å². The van der Waals surface area contributed by atoms with Crippen LogP contribution in [0.1, 0.15) is 6.42 Å². The lowest BCUT2D eigenvalue weighted by Gasteiger charge is -2.22. The smallest absolute Gasteiger partial charge is 0.238 e. The third-order valence-corrected chi connectivity index (χ3v) is 5.84. The van der Waals surface area contributed by atoms with Crippen LogP contribution in [0.15, 0.2) is 24.3 Å². The zero-order valence-electron chi connectivity index (χ0n) is 15.6. The molecule has 1 N–H and O–H groups in total. The van der Waals surface area contributed by atoms with Crippen LogP contribution in [0.3, 0.4) is 0 Å². The average molecular weight is 413 g/mol. The number of thioether (sulfide) groups is 1. The number of hydrogen-bond acceptors (Lipinski definition) is 5. The lowest BCUT2D eigenvalue weighted by molar-refractivity contribution is -0.128. The summed E-state index contributed by atoms with van der Waals surface area (Å²) in [5, 5.41) is 2.76. The molecule has 148 valence electrons. The highest BCUT2D eigenvalue weighted by atomic mass is 32.2. The van der Waals surface area contributed by atoms with Crippen molar-refractivity contribution in [2.24, 2.45) is 0 Å². The molecule has 2 amide bonds. The Morgan fingerprint density at radius 3 is 2.56 bits per heavy atom. The molecular formula is C18H25FN4O2S2. The minimum atomic E-state index is -0.338. The third-order valence-electron chi connectivity index (χ3n) is 4.12. The average Bonchev–Trinajstić information content (AvgIpc) is 2.86. The van der Waals surface area contributed by atoms with E-state index in [2.05, 4.69) is 5.32 Å². The number of rotatable bonds is 5. The van der Waals surface area contributed by atoms with Crippen molar-refractivity contribution < 1.29 is 14.0 Å². The van der Waals surface area contributed by atoms with Gasteiger partial charge in [0.1, 0.15) is 10.1 Å². The van der Waals surface area contributed by atoms with Crippen molar-refractivity contribution in [2.75, 3.05) is 57.9 Å². The van der Waals surface area contributed by atoms with Gasteiger partial charge in [0.05, 0.1) is 12.3 Å². The zero-order chi connectivity index (χ0) is 19.8. The fourth-order valence-electron chi connectivity index (χ4n) is 2.66. The minimum Gasteiger partial charge on any atom is -0.364 e. The van der Waals surface area contributed by atoms with Crippen LogP contribution in [0.2, 0.25) is 0 Å². The number of halogens is 1. The number of thiocarbonyl (C=S) groups is 1. The standard InChI is InChI=1S/C18H25FN4O2S2/c1-21(2)18(26)27-13-17(25)23-9-3-8-22(10-11-23)12-16(24)20-15-6-4-14(19)5-7-15/h4-7H,3,8-13H2,1-2H3,(H,20,24). The van der Waals surface area contributed by atoms with Crippen LogP contribution < -0.4 is 5.32 Å². The summed E-state index contributed by atoms with van der Waals surface area (Å²) >= 11 is 6.56. The summed E-state index contributed by atoms with van der Waals surface area (Å²) in [6.07, 6.45) is 0.818. The Hall–Kier alpha value is -1.71. The molecule has 0 unspecified atom stereocenters. The number of nitrogens with zero attached hydrogens (tertiary/aromatic N) is 3. The Bertz CT molecular complexity index is 670. The predicted molar refractivity (Wildman–Crippen MR) is 111 cm³/mol. The molecule has 0 saturated carbocycles. The van der Waals surface area contributed by atoms with Crippen LogP contribution in [0.5, 0.6) is 0 Å². The maximum atomic E-state index is 12.9. The summed E-state index contributed by atoms with van der Waals surface area (Å²) in [4.78, 5) is 30.2. The molecule has 0 bridgehead atoms. The molecule has 1 aromatic carbocycles. The van der Waals surface area contributed by atoms with Gasteiger partial charge >= 0.3 is 0 Å². The van der Waals surface area contributed by atoms with Crippen molar-refractivity contribution in [3.8, 4) is 0 Å². The first-order valence-electron chi connectivity index (χ1n) is 8.75. The molecule has 1 aliphatic rings. The molecule has 1 aromatic rings. The predicted octanol–water partition coefficient (Wildman–Crippen LogP) is 1.88. The van der Waals surface area contributed by atoms with Crippen LogP contribution in [0.4, 0.5) is 10.1 Å². The van der Waals surface area contributed by atoms with Gasteiger partial charge in [-0.25, -0.2) is 4.39 Å². The number of amides is 2. The Morgan fingerprint density at radius 2 is 1.89 bits per heavy atom. The summed E-state index contributed by atoms with van der Waals surface area (Å²) in [6.45, 7) is 2.93. The molecule has 0 radical (unpaired) electrons. The maximum Gasteiger partial charge on any atom is 0.238 e. The van der Waals surface area contributed by atoms with E-state index in [1.807, 2.05) is 28.8 Å². The van der Waals surface area contributed by atoms with Crippen molar-refractivity contribution >= 4 is 45.8 Å². The Balaban J connectivity index is 1.76. The van der Waals surface area contributed by atoms with Crippen molar-refractivity contribution in [1.82, 2.24) is 14.7 Å². The van der Waals surface area contributed by atoms with E-state index in [-0.39, 0.29) is 24.2 Å². The first-order chi connectivity index (χ1) is 12.8. The van der Waals surface area contributed by atoms with E-state index in [0.717, 1.165) is 13.0 Å². The van der Waals surface area contributed by atoms with E-state index in [4.69, 9.17) is 12.2 Å². The van der Waals surface area contributed by atoms with E-state index in [1.165, 1.54) is 36.0 Å². The largest absolute Gasteiger partial charge is 0.364 e. The highest BCUT2D eigenvalue weighted by Gasteiger charge is 2.21. The number of hydrogen-bond donors (Lipinski definition) is 1. The molecule has 1 saturated heterocycles. The highest BCUT2D eigenvalue weighted by molar-refractivity contribution is 8.23. The number of benzene rings is 1. The quantitative estimate of drug-likeness (QED) is 0.746. The fourth-order valence-corrected chi connectivity index (χ4v) is 3.52. The van der Waals surface area contributed by atoms with Gasteiger partial charge < -0.3 is 15.1 Å². The van der Waals surface area contributed by atoms with Crippen molar-refractivity contribution in [1.29, 1.82) is 0 Å². The highest BCUT2D eigenvalue weighted by Crippen LogP contribution is 2.11. The molecule has 9 heteroatoms. The van der Waals surface area contributed by atoms with Crippen LogP contribution in [0, 0.1) is 5.82 Å². The molecule has 0 aliphatic carbocycles. The van der Waals surface area contributed by atoms with Crippen molar-refractivity contribution in [2.45, 2.75) is 6.42 Å². The number of carbonyl (C=O) groups is 2. The van der Waals surface area contributed by atoms with Crippen LogP contribution in [-0.2, 0) is 9.59 Å². The van der Waals surface area contributed by atoms with Gasteiger partial charge in [0.15, 0.2) is 0 Å². The van der Waals surface area contributed by atoms with Crippen LogP contribution >= 0.6 is 24.0 Å². The summed E-state index contributed by atoms with van der Waals surface area (Å²) in [5.74, 6) is -0.0768. The SMILES string of the molecule is CN(C)C(=S)SCC(=O)N1CCCN(CC(=O)Nc2ccc(F)cc2)CC1. The van der Waals surface area contributed by atoms with E-state index >= 15 is 0 Å². The first kappa shape index (κ1) is 21.6. The van der Waals surface area contributed by atoms with Crippen LogP contribution in [-0.4, -0.2) is 83.4 Å². The molecule has 1 heterocycles. The monoisotopic (exact) mass is 412 g/mol. The summed E-state index contributed by atoms with van der Waals surface area (Å²) in [5.41, 5.74) is 0.571. The number of nitrogens with one attached hydrogen (secondary N) is 1. The topological polar surface area (TPSA) is 55.9 Å². The van der Waals surface area contributed by atoms with E-state index in [9.17, 15) is 14.0 Å². The van der Waals surface area contributed by atoms with Gasteiger partial charge in [0.2, 0.25) is 11.8 Å². The maximum absolute atomic E-state index is 12.9. The van der Waals surface area contributed by atoms with E-state index < -0.39 is 0 Å². The molecule has 0 aromatic heterocycles. The number of anilines is 1. The molecule has 1 fully saturated rings. The fraction of sp³-hybridized carbons (Fsp3) is 0.500. The third kappa shape index (κ3) is 7.43. The van der Waals surface area contributed by atoms with Crippen molar-refractivity contribution in [3.63, 3.8) is 0 Å². The van der Waals surface area contributed by atoms with Gasteiger partial charge in [-0.1, -0.05) is 24.0 Å². The molecule has 6 nitrogen and oxygen atoms in total. The Labute approximate surface area is 169 Å². The lowest BCUT2D eigenvalue weighted by Crippen LogP contribution is -2.38. The lowest BCUT2D eigenvalue weighted by atomic mass is 10.3. The van der Waals surface area contributed by atoms with Gasteiger partial charge in [-0.05, 0) is 30.7 Å². The second kappa shape index (κ2) is 10.6. The first-order valence-corrected chi connectivity index (χ1v) is 10.1. The molecule has 0 spiro atoms. The number of carbonyl (C=O) groups excluding carboxylic acids is 2. The summed E-state index contributed by atoms with van der Waals surface area (Å²) < 4.78 is 13.6. The van der Waals surface area contributed by atoms with Gasteiger partial charge in [-0.2, -0.15) is 0 Å². The Morgan fingerprint density at radius 1 is 1.19 bits per heavy atom. The van der Waals surface area contributed by atoms with Gasteiger partial charge in [0, 0.05) is 46.0 Å².